The number of rotatable bonds is 7. The lowest BCUT2D eigenvalue weighted by atomic mass is 10.1. The molecule has 0 bridgehead atoms. The molecule has 160 valence electrons. The van der Waals surface area contributed by atoms with Gasteiger partial charge in [-0.15, -0.1) is 0 Å². The Kier molecular flexibility index (Phi) is 7.16. The van der Waals surface area contributed by atoms with E-state index in [2.05, 4.69) is 20.8 Å². The number of amides is 2. The van der Waals surface area contributed by atoms with Crippen molar-refractivity contribution in [3.8, 4) is 0 Å². The Hall–Kier alpha value is -4.66. The van der Waals surface area contributed by atoms with E-state index in [-0.39, 0.29) is 11.4 Å². The molecule has 0 fully saturated rings. The minimum Gasteiger partial charge on any atom is -0.317 e. The van der Waals surface area contributed by atoms with E-state index < -0.39 is 16.7 Å². The molecule has 1 heterocycles. The Labute approximate surface area is 183 Å². The largest absolute Gasteiger partial charge is 0.317 e. The van der Waals surface area contributed by atoms with Gasteiger partial charge >= 0.3 is 0 Å². The van der Waals surface area contributed by atoms with Crippen molar-refractivity contribution in [2.45, 2.75) is 6.92 Å². The smallest absolute Gasteiger partial charge is 0.287 e. The highest BCUT2D eigenvalue weighted by Crippen LogP contribution is 2.14. The number of carbonyl (C=O) groups is 2. The first-order chi connectivity index (χ1) is 15.4. The molecule has 0 aliphatic rings. The van der Waals surface area contributed by atoms with E-state index in [1.165, 1.54) is 30.3 Å². The minimum absolute atomic E-state index is 0.0784. The van der Waals surface area contributed by atoms with E-state index in [9.17, 15) is 19.7 Å². The van der Waals surface area contributed by atoms with E-state index >= 15 is 0 Å². The van der Waals surface area contributed by atoms with Crippen LogP contribution in [-0.2, 0) is 4.79 Å². The number of nitrogens with one attached hydrogen (secondary N) is 2. The molecule has 0 aliphatic carbocycles. The second-order valence-electron chi connectivity index (χ2n) is 6.58. The van der Waals surface area contributed by atoms with E-state index in [4.69, 9.17) is 0 Å². The van der Waals surface area contributed by atoms with Crippen molar-refractivity contribution < 1.29 is 14.5 Å². The first-order valence-corrected chi connectivity index (χ1v) is 9.52. The number of hydrogen-bond acceptors (Lipinski definition) is 6. The average molecular weight is 429 g/mol. The Morgan fingerprint density at radius 3 is 2.31 bits per heavy atom. The highest BCUT2D eigenvalue weighted by molar-refractivity contribution is 6.06. The van der Waals surface area contributed by atoms with Gasteiger partial charge < -0.3 is 5.32 Å². The van der Waals surface area contributed by atoms with Crippen LogP contribution in [0.2, 0.25) is 0 Å². The molecule has 32 heavy (non-hydrogen) atoms. The molecular formula is C23H19N5O4. The van der Waals surface area contributed by atoms with Gasteiger partial charge in [-0.3, -0.25) is 24.7 Å². The number of aromatic nitrogens is 1. The quantitative estimate of drug-likeness (QED) is 0.258. The number of nitrogens with zero attached hydrogens (tertiary/aromatic N) is 3. The fraction of sp³-hybridized carbons (Fsp3) is 0.0435. The predicted octanol–water partition coefficient (Wildman–Crippen LogP) is 3.30. The number of nitro benzene ring substituents is 1. The fourth-order valence-corrected chi connectivity index (χ4v) is 2.63. The standard InChI is InChI=1S/C23H19N5O4/c1-16(20-9-5-6-14-24-20)26-27-23(30)21(25-22(29)18-7-3-2-4-8-18)15-17-10-12-19(13-11-17)28(31)32/h2-15H,1H3,(H,25,29)(H,27,30)/b21-15-,26-16-. The minimum atomic E-state index is -0.664. The highest BCUT2D eigenvalue weighted by atomic mass is 16.6. The summed E-state index contributed by atoms with van der Waals surface area (Å²) in [5.41, 5.74) is 4.15. The van der Waals surface area contributed by atoms with E-state index in [0.29, 0.717) is 22.5 Å². The van der Waals surface area contributed by atoms with Gasteiger partial charge in [-0.2, -0.15) is 5.10 Å². The van der Waals surface area contributed by atoms with Crippen LogP contribution in [0.3, 0.4) is 0 Å². The molecule has 1 aromatic heterocycles. The maximum absolute atomic E-state index is 12.8. The van der Waals surface area contributed by atoms with Crippen molar-refractivity contribution in [1.29, 1.82) is 0 Å². The maximum Gasteiger partial charge on any atom is 0.287 e. The van der Waals surface area contributed by atoms with Crippen molar-refractivity contribution in [3.63, 3.8) is 0 Å². The summed E-state index contributed by atoms with van der Waals surface area (Å²) in [4.78, 5) is 39.9. The molecule has 0 saturated carbocycles. The number of hydrogen-bond donors (Lipinski definition) is 2. The molecule has 0 aliphatic heterocycles. The lowest BCUT2D eigenvalue weighted by molar-refractivity contribution is -0.384. The monoisotopic (exact) mass is 429 g/mol. The summed E-state index contributed by atoms with van der Waals surface area (Å²) in [5, 5.41) is 17.5. The molecule has 9 heteroatoms. The summed E-state index contributed by atoms with van der Waals surface area (Å²) in [6.45, 7) is 1.69. The predicted molar refractivity (Wildman–Crippen MR) is 120 cm³/mol. The van der Waals surface area contributed by atoms with Crippen molar-refractivity contribution >= 4 is 29.3 Å². The number of hydrazone groups is 1. The van der Waals surface area contributed by atoms with Crippen molar-refractivity contribution in [2.75, 3.05) is 0 Å². The zero-order valence-electron chi connectivity index (χ0n) is 17.1. The molecule has 0 unspecified atom stereocenters. The van der Waals surface area contributed by atoms with Crippen molar-refractivity contribution in [3.05, 3.63) is 112 Å². The Balaban J connectivity index is 1.86. The van der Waals surface area contributed by atoms with Gasteiger partial charge in [0.05, 0.1) is 16.3 Å². The molecule has 2 aromatic carbocycles. The average Bonchev–Trinajstić information content (AvgIpc) is 2.83. The number of carbonyl (C=O) groups excluding carboxylic acids is 2. The third-order valence-electron chi connectivity index (χ3n) is 4.30. The fourth-order valence-electron chi connectivity index (χ4n) is 2.63. The van der Waals surface area contributed by atoms with Gasteiger partial charge in [0.2, 0.25) is 0 Å². The number of non-ortho nitro benzene ring substituents is 1. The van der Waals surface area contributed by atoms with Gasteiger partial charge in [0.25, 0.3) is 17.5 Å². The van der Waals surface area contributed by atoms with E-state index in [1.807, 2.05) is 0 Å². The Morgan fingerprint density at radius 2 is 1.69 bits per heavy atom. The van der Waals surface area contributed by atoms with Crippen LogP contribution in [0, 0.1) is 10.1 Å². The van der Waals surface area contributed by atoms with Gasteiger partial charge in [0.1, 0.15) is 5.70 Å². The van der Waals surface area contributed by atoms with Crippen LogP contribution < -0.4 is 10.7 Å². The van der Waals surface area contributed by atoms with E-state index in [1.54, 1.807) is 61.7 Å². The second-order valence-corrected chi connectivity index (χ2v) is 6.58. The summed E-state index contributed by atoms with van der Waals surface area (Å²) < 4.78 is 0. The SMILES string of the molecule is C/C(=N/NC(=O)/C(=C/c1ccc([N+](=O)[O-])cc1)NC(=O)c1ccccc1)c1ccccn1. The summed E-state index contributed by atoms with van der Waals surface area (Å²) in [5.74, 6) is -1.15. The summed E-state index contributed by atoms with van der Waals surface area (Å²) in [7, 11) is 0. The molecule has 0 saturated heterocycles. The van der Waals surface area contributed by atoms with Crippen LogP contribution >= 0.6 is 0 Å². The summed E-state index contributed by atoms with van der Waals surface area (Å²) >= 11 is 0. The first kappa shape index (κ1) is 22.0. The van der Waals surface area contributed by atoms with Crippen molar-refractivity contribution in [2.24, 2.45) is 5.10 Å². The summed E-state index contributed by atoms with van der Waals surface area (Å²) in [6.07, 6.45) is 3.02. The summed E-state index contributed by atoms with van der Waals surface area (Å²) in [6, 6.07) is 19.3. The third-order valence-corrected chi connectivity index (χ3v) is 4.30. The maximum atomic E-state index is 12.8. The van der Waals surface area contributed by atoms with Crippen LogP contribution in [0.4, 0.5) is 5.69 Å². The first-order valence-electron chi connectivity index (χ1n) is 9.52. The number of nitro groups is 1. The van der Waals surface area contributed by atoms with Gasteiger partial charge in [-0.25, -0.2) is 5.43 Å². The lowest BCUT2D eigenvalue weighted by Crippen LogP contribution is -2.33. The lowest BCUT2D eigenvalue weighted by Gasteiger charge is -2.10. The topological polar surface area (TPSA) is 127 Å². The highest BCUT2D eigenvalue weighted by Gasteiger charge is 2.15. The van der Waals surface area contributed by atoms with Gasteiger partial charge in [-0.1, -0.05) is 24.3 Å². The normalized spacial score (nSPS) is 11.5. The van der Waals surface area contributed by atoms with Crippen LogP contribution in [0.5, 0.6) is 0 Å². The van der Waals surface area contributed by atoms with Crippen LogP contribution in [-0.4, -0.2) is 27.4 Å². The van der Waals surface area contributed by atoms with Gasteiger partial charge in [0.15, 0.2) is 0 Å². The Morgan fingerprint density at radius 1 is 1.00 bits per heavy atom. The Bertz CT molecular complexity index is 1170. The van der Waals surface area contributed by atoms with Crippen LogP contribution in [0.1, 0.15) is 28.5 Å². The van der Waals surface area contributed by atoms with Crippen LogP contribution in [0.15, 0.2) is 89.8 Å². The molecule has 3 aromatic rings. The number of benzene rings is 2. The molecule has 0 radical (unpaired) electrons. The molecule has 3 rings (SSSR count). The van der Waals surface area contributed by atoms with E-state index in [0.717, 1.165) is 0 Å². The van der Waals surface area contributed by atoms with Gasteiger partial charge in [0, 0.05) is 23.9 Å². The van der Waals surface area contributed by atoms with Crippen LogP contribution in [0.25, 0.3) is 6.08 Å². The zero-order valence-corrected chi connectivity index (χ0v) is 17.1. The molecular weight excluding hydrogens is 410 g/mol. The third kappa shape index (κ3) is 5.92. The second kappa shape index (κ2) is 10.4. The van der Waals surface area contributed by atoms with Gasteiger partial charge in [-0.05, 0) is 55.0 Å². The molecule has 9 nitrogen and oxygen atoms in total. The van der Waals surface area contributed by atoms with Crippen molar-refractivity contribution in [1.82, 2.24) is 15.7 Å². The number of pyridine rings is 1. The molecule has 2 amide bonds. The molecule has 0 spiro atoms. The molecule has 0 atom stereocenters. The molecule has 2 N–H and O–H groups in total. The zero-order chi connectivity index (χ0) is 22.9.